The van der Waals surface area contributed by atoms with Crippen LogP contribution in [0.4, 0.5) is 0 Å². The molecule has 0 amide bonds. The van der Waals surface area contributed by atoms with E-state index in [1.54, 1.807) is 0 Å². The van der Waals surface area contributed by atoms with Gasteiger partial charge in [-0.25, -0.2) is 0 Å². The SMILES string of the molecule is CC1(C)OC23CC1CC[C@]2(C)CCCC3=O. The highest BCUT2D eigenvalue weighted by Gasteiger charge is 2.66. The summed E-state index contributed by atoms with van der Waals surface area (Å²) in [5.74, 6) is 0.971. The molecule has 2 bridgehead atoms. The van der Waals surface area contributed by atoms with Crippen molar-refractivity contribution in [1.82, 2.24) is 0 Å². The van der Waals surface area contributed by atoms with E-state index in [1.165, 1.54) is 19.3 Å². The van der Waals surface area contributed by atoms with Gasteiger partial charge >= 0.3 is 0 Å². The number of ketones is 1. The predicted octanol–water partition coefficient (Wildman–Crippen LogP) is 3.09. The van der Waals surface area contributed by atoms with Gasteiger partial charge in [0.2, 0.25) is 0 Å². The minimum atomic E-state index is -0.419. The van der Waals surface area contributed by atoms with E-state index >= 15 is 0 Å². The standard InChI is InChI=1S/C14H22O2/c1-12(2)10-6-8-13(3)7-4-5-11(15)14(13,9-10)16-12/h10H,4-9H2,1-3H3/t10?,13-,14?/m0/s1. The molecular formula is C14H22O2. The summed E-state index contributed by atoms with van der Waals surface area (Å²) in [5.41, 5.74) is -0.394. The minimum Gasteiger partial charge on any atom is -0.360 e. The Morgan fingerprint density at radius 2 is 2.00 bits per heavy atom. The molecule has 2 aliphatic carbocycles. The third-order valence-corrected chi connectivity index (χ3v) is 5.56. The number of rotatable bonds is 0. The first kappa shape index (κ1) is 10.8. The smallest absolute Gasteiger partial charge is 0.165 e. The van der Waals surface area contributed by atoms with Crippen LogP contribution in [0.5, 0.6) is 0 Å². The van der Waals surface area contributed by atoms with Crippen LogP contribution in [-0.4, -0.2) is 17.0 Å². The third-order valence-electron chi connectivity index (χ3n) is 5.56. The van der Waals surface area contributed by atoms with Gasteiger partial charge in [0.1, 0.15) is 5.60 Å². The Labute approximate surface area is 97.7 Å². The lowest BCUT2D eigenvalue weighted by molar-refractivity contribution is -0.181. The molecule has 2 heteroatoms. The van der Waals surface area contributed by atoms with E-state index in [0.29, 0.717) is 11.7 Å². The quantitative estimate of drug-likeness (QED) is 0.629. The van der Waals surface area contributed by atoms with Crippen molar-refractivity contribution >= 4 is 5.78 Å². The van der Waals surface area contributed by atoms with Crippen LogP contribution in [0.1, 0.15) is 59.3 Å². The highest BCUT2D eigenvalue weighted by molar-refractivity contribution is 5.89. The largest absolute Gasteiger partial charge is 0.360 e. The monoisotopic (exact) mass is 222 g/mol. The molecule has 1 heterocycles. The predicted molar refractivity (Wildman–Crippen MR) is 62.2 cm³/mol. The summed E-state index contributed by atoms with van der Waals surface area (Å²) in [7, 11) is 0. The second-order valence-electron chi connectivity index (χ2n) is 6.81. The van der Waals surface area contributed by atoms with Crippen LogP contribution < -0.4 is 0 Å². The van der Waals surface area contributed by atoms with Crippen molar-refractivity contribution in [2.24, 2.45) is 11.3 Å². The molecule has 3 rings (SSSR count). The second-order valence-corrected chi connectivity index (χ2v) is 6.81. The van der Waals surface area contributed by atoms with Gasteiger partial charge in [-0.2, -0.15) is 0 Å². The van der Waals surface area contributed by atoms with Gasteiger partial charge in [-0.1, -0.05) is 6.92 Å². The fourth-order valence-electron chi connectivity index (χ4n) is 4.36. The lowest BCUT2D eigenvalue weighted by Crippen LogP contribution is -2.56. The molecule has 3 fully saturated rings. The number of fused-ring (bicyclic) bond motifs is 1. The van der Waals surface area contributed by atoms with Gasteiger partial charge in [0.05, 0.1) is 5.60 Å². The number of Topliss-reactive ketones (excluding diaryl/α,β-unsaturated/α-hetero) is 1. The van der Waals surface area contributed by atoms with Crippen LogP contribution in [0, 0.1) is 11.3 Å². The Bertz CT molecular complexity index is 347. The van der Waals surface area contributed by atoms with Gasteiger partial charge in [-0.15, -0.1) is 0 Å². The van der Waals surface area contributed by atoms with Gasteiger partial charge in [0.25, 0.3) is 0 Å². The van der Waals surface area contributed by atoms with Crippen molar-refractivity contribution in [2.45, 2.75) is 70.5 Å². The van der Waals surface area contributed by atoms with E-state index in [2.05, 4.69) is 20.8 Å². The fraction of sp³-hybridized carbons (Fsp3) is 0.929. The van der Waals surface area contributed by atoms with Crippen LogP contribution in [0.2, 0.25) is 0 Å². The van der Waals surface area contributed by atoms with Crippen molar-refractivity contribution in [1.29, 1.82) is 0 Å². The van der Waals surface area contributed by atoms with Crippen molar-refractivity contribution in [3.05, 3.63) is 0 Å². The molecule has 0 aromatic carbocycles. The summed E-state index contributed by atoms with van der Waals surface area (Å²) in [6, 6.07) is 0. The number of hydrogen-bond donors (Lipinski definition) is 0. The van der Waals surface area contributed by atoms with Crippen LogP contribution in [0.25, 0.3) is 0 Å². The van der Waals surface area contributed by atoms with Crippen molar-refractivity contribution in [2.75, 3.05) is 0 Å². The first-order chi connectivity index (χ1) is 7.40. The summed E-state index contributed by atoms with van der Waals surface area (Å²) >= 11 is 0. The molecule has 1 saturated heterocycles. The number of carbonyl (C=O) groups excluding carboxylic acids is 1. The summed E-state index contributed by atoms with van der Waals surface area (Å²) in [6.45, 7) is 6.61. The average molecular weight is 222 g/mol. The Kier molecular flexibility index (Phi) is 1.95. The van der Waals surface area contributed by atoms with E-state index in [9.17, 15) is 4.79 Å². The second kappa shape index (κ2) is 2.90. The zero-order valence-electron chi connectivity index (χ0n) is 10.6. The highest BCUT2D eigenvalue weighted by Crippen LogP contribution is 2.62. The van der Waals surface area contributed by atoms with Crippen molar-refractivity contribution in [3.63, 3.8) is 0 Å². The van der Waals surface area contributed by atoms with Gasteiger partial charge < -0.3 is 4.74 Å². The molecule has 1 spiro atoms. The Morgan fingerprint density at radius 1 is 1.25 bits per heavy atom. The van der Waals surface area contributed by atoms with Gasteiger partial charge in [-0.3, -0.25) is 4.79 Å². The van der Waals surface area contributed by atoms with E-state index in [1.807, 2.05) is 0 Å². The Balaban J connectivity index is 2.07. The fourth-order valence-corrected chi connectivity index (χ4v) is 4.36. The topological polar surface area (TPSA) is 26.3 Å². The van der Waals surface area contributed by atoms with E-state index in [0.717, 1.165) is 19.3 Å². The van der Waals surface area contributed by atoms with E-state index < -0.39 is 5.60 Å². The molecule has 16 heavy (non-hydrogen) atoms. The van der Waals surface area contributed by atoms with Crippen LogP contribution in [0.15, 0.2) is 0 Å². The Morgan fingerprint density at radius 3 is 2.75 bits per heavy atom. The molecular weight excluding hydrogens is 200 g/mol. The summed E-state index contributed by atoms with van der Waals surface area (Å²) in [6.07, 6.45) is 6.35. The van der Waals surface area contributed by atoms with Crippen LogP contribution in [-0.2, 0) is 9.53 Å². The maximum absolute atomic E-state index is 12.4. The molecule has 3 atom stereocenters. The van der Waals surface area contributed by atoms with Crippen LogP contribution >= 0.6 is 0 Å². The third kappa shape index (κ3) is 1.09. The number of ether oxygens (including phenoxy) is 1. The zero-order valence-corrected chi connectivity index (χ0v) is 10.6. The first-order valence-electron chi connectivity index (χ1n) is 6.63. The summed E-state index contributed by atoms with van der Waals surface area (Å²) < 4.78 is 6.33. The molecule has 2 saturated carbocycles. The highest BCUT2D eigenvalue weighted by atomic mass is 16.5. The lowest BCUT2D eigenvalue weighted by Gasteiger charge is -2.50. The van der Waals surface area contributed by atoms with E-state index in [-0.39, 0.29) is 11.0 Å². The Hall–Kier alpha value is -0.370. The molecule has 0 aromatic rings. The maximum atomic E-state index is 12.4. The van der Waals surface area contributed by atoms with Gasteiger partial charge in [-0.05, 0) is 51.9 Å². The lowest BCUT2D eigenvalue weighted by atomic mass is 9.55. The van der Waals surface area contributed by atoms with E-state index in [4.69, 9.17) is 4.74 Å². The van der Waals surface area contributed by atoms with Crippen LogP contribution in [0.3, 0.4) is 0 Å². The minimum absolute atomic E-state index is 0.0925. The van der Waals surface area contributed by atoms with Crippen molar-refractivity contribution in [3.8, 4) is 0 Å². The first-order valence-corrected chi connectivity index (χ1v) is 6.63. The molecule has 0 radical (unpaired) electrons. The number of hydrogen-bond acceptors (Lipinski definition) is 2. The molecule has 90 valence electrons. The molecule has 3 aliphatic rings. The molecule has 2 unspecified atom stereocenters. The summed E-state index contributed by atoms with van der Waals surface area (Å²) in [4.78, 5) is 12.4. The number of carbonyl (C=O) groups is 1. The maximum Gasteiger partial charge on any atom is 0.165 e. The average Bonchev–Trinajstić information content (AvgIpc) is 2.42. The normalized spacial score (nSPS) is 50.2. The molecule has 0 N–H and O–H groups in total. The van der Waals surface area contributed by atoms with Gasteiger partial charge in [0.15, 0.2) is 5.78 Å². The molecule has 2 nitrogen and oxygen atoms in total. The molecule has 0 aromatic heterocycles. The summed E-state index contributed by atoms with van der Waals surface area (Å²) in [5, 5.41) is 0. The van der Waals surface area contributed by atoms with Crippen molar-refractivity contribution < 1.29 is 9.53 Å². The molecule has 1 aliphatic heterocycles. The zero-order chi connectivity index (χ0) is 11.6. The van der Waals surface area contributed by atoms with Gasteiger partial charge in [0, 0.05) is 11.8 Å².